The highest BCUT2D eigenvalue weighted by Gasteiger charge is 2.18. The second kappa shape index (κ2) is 9.93. The smallest absolute Gasteiger partial charge is 0.276 e. The van der Waals surface area contributed by atoms with Gasteiger partial charge in [0.2, 0.25) is 0 Å². The highest BCUT2D eigenvalue weighted by molar-refractivity contribution is 5.91. The van der Waals surface area contributed by atoms with Crippen LogP contribution >= 0.6 is 0 Å². The maximum atomic E-state index is 12.6. The Balaban J connectivity index is 1.91. The summed E-state index contributed by atoms with van der Waals surface area (Å²) >= 11 is 0. The summed E-state index contributed by atoms with van der Waals surface area (Å²) in [5, 5.41) is 8.18. The Labute approximate surface area is 150 Å². The van der Waals surface area contributed by atoms with Crippen molar-refractivity contribution in [2.45, 2.75) is 33.7 Å². The van der Waals surface area contributed by atoms with E-state index in [1.165, 1.54) is 5.56 Å². The summed E-state index contributed by atoms with van der Waals surface area (Å²) in [5.74, 6) is -0.0411. The van der Waals surface area contributed by atoms with Gasteiger partial charge in [0.05, 0.1) is 6.20 Å². The average molecular weight is 343 g/mol. The molecular formula is C19H29N5O. The van der Waals surface area contributed by atoms with Crippen LogP contribution in [0.5, 0.6) is 0 Å². The first kappa shape index (κ1) is 19.1. The van der Waals surface area contributed by atoms with Crippen LogP contribution < -0.4 is 0 Å². The molecule has 2 rings (SSSR count). The first-order valence-corrected chi connectivity index (χ1v) is 9.13. The van der Waals surface area contributed by atoms with Crippen LogP contribution in [-0.2, 0) is 13.0 Å². The third-order valence-corrected chi connectivity index (χ3v) is 4.48. The van der Waals surface area contributed by atoms with Gasteiger partial charge in [-0.05, 0) is 32.0 Å². The molecule has 0 radical (unpaired) electrons. The zero-order valence-corrected chi connectivity index (χ0v) is 15.6. The molecule has 2 aromatic rings. The molecule has 1 amide bonds. The Bertz CT molecular complexity index is 636. The molecule has 0 saturated carbocycles. The summed E-state index contributed by atoms with van der Waals surface area (Å²) in [6, 6.07) is 10.2. The standard InChI is InChI=1S/C19H29N5O/c1-4-22(5-2)14-15-23(6-3)19(25)18-16-24(21-20-18)13-12-17-10-8-7-9-11-17/h7-11,16H,4-6,12-15H2,1-3H3. The molecule has 0 atom stereocenters. The number of hydrogen-bond donors (Lipinski definition) is 0. The van der Waals surface area contributed by atoms with E-state index in [4.69, 9.17) is 0 Å². The number of likely N-dealkylation sites (N-methyl/N-ethyl adjacent to an activating group) is 2. The van der Waals surface area contributed by atoms with E-state index in [-0.39, 0.29) is 5.91 Å². The summed E-state index contributed by atoms with van der Waals surface area (Å²) in [6.45, 7) is 11.3. The van der Waals surface area contributed by atoms with Crippen molar-refractivity contribution in [2.75, 3.05) is 32.7 Å². The first-order chi connectivity index (χ1) is 12.2. The highest BCUT2D eigenvalue weighted by atomic mass is 16.2. The Morgan fingerprint density at radius 3 is 2.40 bits per heavy atom. The summed E-state index contributed by atoms with van der Waals surface area (Å²) in [6.07, 6.45) is 2.63. The van der Waals surface area contributed by atoms with E-state index in [1.54, 1.807) is 10.9 Å². The number of benzene rings is 1. The number of carbonyl (C=O) groups excluding carboxylic acids is 1. The maximum absolute atomic E-state index is 12.6. The molecule has 0 bridgehead atoms. The van der Waals surface area contributed by atoms with Crippen LogP contribution in [0.2, 0.25) is 0 Å². The SMILES string of the molecule is CCN(CC)CCN(CC)C(=O)c1cn(CCc2ccccc2)nn1. The van der Waals surface area contributed by atoms with Gasteiger partial charge >= 0.3 is 0 Å². The fourth-order valence-electron chi connectivity index (χ4n) is 2.76. The van der Waals surface area contributed by atoms with Gasteiger partial charge in [0.15, 0.2) is 5.69 Å². The molecule has 25 heavy (non-hydrogen) atoms. The van der Waals surface area contributed by atoms with Crippen molar-refractivity contribution in [3.8, 4) is 0 Å². The topological polar surface area (TPSA) is 54.3 Å². The third kappa shape index (κ3) is 5.67. The summed E-state index contributed by atoms with van der Waals surface area (Å²) < 4.78 is 1.75. The molecule has 1 heterocycles. The average Bonchev–Trinajstić information content (AvgIpc) is 3.13. The van der Waals surface area contributed by atoms with E-state index in [2.05, 4.69) is 41.2 Å². The predicted molar refractivity (Wildman–Crippen MR) is 99.5 cm³/mol. The highest BCUT2D eigenvalue weighted by Crippen LogP contribution is 2.05. The predicted octanol–water partition coefficient (Wildman–Crippen LogP) is 2.32. The van der Waals surface area contributed by atoms with Crippen molar-refractivity contribution < 1.29 is 4.79 Å². The lowest BCUT2D eigenvalue weighted by atomic mass is 10.1. The van der Waals surface area contributed by atoms with Crippen molar-refractivity contribution in [3.05, 3.63) is 47.8 Å². The van der Waals surface area contributed by atoms with Crippen LogP contribution in [-0.4, -0.2) is 63.4 Å². The number of carbonyl (C=O) groups is 1. The van der Waals surface area contributed by atoms with Gasteiger partial charge < -0.3 is 9.80 Å². The van der Waals surface area contributed by atoms with Gasteiger partial charge in [0.25, 0.3) is 5.91 Å². The Morgan fingerprint density at radius 1 is 1.04 bits per heavy atom. The van der Waals surface area contributed by atoms with E-state index < -0.39 is 0 Å². The van der Waals surface area contributed by atoms with E-state index in [9.17, 15) is 4.79 Å². The van der Waals surface area contributed by atoms with E-state index in [0.717, 1.165) is 32.6 Å². The van der Waals surface area contributed by atoms with Crippen LogP contribution in [0.3, 0.4) is 0 Å². The van der Waals surface area contributed by atoms with E-state index in [0.29, 0.717) is 18.8 Å². The second-order valence-corrected chi connectivity index (χ2v) is 6.01. The lowest BCUT2D eigenvalue weighted by molar-refractivity contribution is 0.0741. The van der Waals surface area contributed by atoms with Gasteiger partial charge in [-0.2, -0.15) is 0 Å². The number of aryl methyl sites for hydroxylation is 2. The molecule has 0 N–H and O–H groups in total. The molecule has 1 aromatic carbocycles. The number of hydrogen-bond acceptors (Lipinski definition) is 4. The Morgan fingerprint density at radius 2 is 1.76 bits per heavy atom. The minimum Gasteiger partial charge on any atom is -0.336 e. The van der Waals surface area contributed by atoms with Gasteiger partial charge in [-0.25, -0.2) is 0 Å². The first-order valence-electron chi connectivity index (χ1n) is 9.13. The number of amides is 1. The molecule has 0 fully saturated rings. The molecule has 0 aliphatic carbocycles. The maximum Gasteiger partial charge on any atom is 0.276 e. The van der Waals surface area contributed by atoms with E-state index >= 15 is 0 Å². The molecule has 0 aliphatic rings. The molecular weight excluding hydrogens is 314 g/mol. The van der Waals surface area contributed by atoms with Crippen molar-refractivity contribution >= 4 is 5.91 Å². The number of aromatic nitrogens is 3. The zero-order valence-electron chi connectivity index (χ0n) is 15.6. The monoisotopic (exact) mass is 343 g/mol. The molecule has 0 saturated heterocycles. The fraction of sp³-hybridized carbons (Fsp3) is 0.526. The van der Waals surface area contributed by atoms with Crippen molar-refractivity contribution in [3.63, 3.8) is 0 Å². The Kier molecular flexibility index (Phi) is 7.60. The molecule has 0 spiro atoms. The van der Waals surface area contributed by atoms with Crippen LogP contribution in [0.15, 0.2) is 36.5 Å². The van der Waals surface area contributed by atoms with Gasteiger partial charge in [-0.15, -0.1) is 5.10 Å². The van der Waals surface area contributed by atoms with Crippen LogP contribution in [0, 0.1) is 0 Å². The quantitative estimate of drug-likeness (QED) is 0.664. The molecule has 136 valence electrons. The lowest BCUT2D eigenvalue weighted by Crippen LogP contribution is -2.38. The minimum atomic E-state index is -0.0411. The number of rotatable bonds is 10. The van der Waals surface area contributed by atoms with Crippen molar-refractivity contribution in [1.82, 2.24) is 24.8 Å². The summed E-state index contributed by atoms with van der Waals surface area (Å²) in [7, 11) is 0. The largest absolute Gasteiger partial charge is 0.336 e. The molecule has 6 nitrogen and oxygen atoms in total. The minimum absolute atomic E-state index is 0.0411. The second-order valence-electron chi connectivity index (χ2n) is 6.01. The van der Waals surface area contributed by atoms with Gasteiger partial charge in [0.1, 0.15) is 0 Å². The summed E-state index contributed by atoms with van der Waals surface area (Å²) in [5.41, 5.74) is 1.68. The molecule has 0 aliphatic heterocycles. The molecule has 1 aromatic heterocycles. The van der Waals surface area contributed by atoms with Crippen LogP contribution in [0.4, 0.5) is 0 Å². The van der Waals surface area contributed by atoms with Crippen molar-refractivity contribution in [2.24, 2.45) is 0 Å². The van der Waals surface area contributed by atoms with Crippen LogP contribution in [0.1, 0.15) is 36.8 Å². The van der Waals surface area contributed by atoms with Crippen LogP contribution in [0.25, 0.3) is 0 Å². The van der Waals surface area contributed by atoms with Gasteiger partial charge in [0, 0.05) is 26.2 Å². The lowest BCUT2D eigenvalue weighted by Gasteiger charge is -2.24. The fourth-order valence-corrected chi connectivity index (χ4v) is 2.76. The normalized spacial score (nSPS) is 11.0. The number of nitrogens with zero attached hydrogens (tertiary/aromatic N) is 5. The molecule has 6 heteroatoms. The van der Waals surface area contributed by atoms with Gasteiger partial charge in [-0.1, -0.05) is 49.4 Å². The van der Waals surface area contributed by atoms with Crippen molar-refractivity contribution in [1.29, 1.82) is 0 Å². The van der Waals surface area contributed by atoms with E-state index in [1.807, 2.05) is 30.0 Å². The zero-order chi connectivity index (χ0) is 18.1. The third-order valence-electron chi connectivity index (χ3n) is 4.48. The molecule has 0 unspecified atom stereocenters. The van der Waals surface area contributed by atoms with Gasteiger partial charge in [-0.3, -0.25) is 9.48 Å². The summed E-state index contributed by atoms with van der Waals surface area (Å²) in [4.78, 5) is 16.8. The Hall–Kier alpha value is -2.21.